The van der Waals surface area contributed by atoms with Crippen molar-refractivity contribution in [1.29, 1.82) is 0 Å². The molecule has 0 fully saturated rings. The second-order valence-corrected chi connectivity index (χ2v) is 14.8. The molecule has 2 rings (SSSR count). The van der Waals surface area contributed by atoms with Crippen molar-refractivity contribution in [2.45, 2.75) is 76.9 Å². The Morgan fingerprint density at radius 1 is 0.839 bits per heavy atom. The lowest BCUT2D eigenvalue weighted by Gasteiger charge is -2.43. The molecule has 0 unspecified atom stereocenters. The number of benzene rings is 2. The van der Waals surface area contributed by atoms with Gasteiger partial charge in [-0.15, -0.1) is 0 Å². The Hall–Kier alpha value is -1.66. The molecule has 2 aromatic rings. The standard InChI is InChI=1S/C26H41NO3Si/c1-19(2)31(20(3)4,21(5)6)30-18-25(27-17-22-11-9-8-10-12-22)26(28)23-13-15-24(29-7)16-14-23/h8-16,19-21,25-28H,17-18H2,1-7H3/t25-,26-/m0/s1. The average Bonchev–Trinajstić information content (AvgIpc) is 2.75. The van der Waals surface area contributed by atoms with E-state index in [0.29, 0.717) is 29.8 Å². The van der Waals surface area contributed by atoms with Crippen molar-refractivity contribution < 1.29 is 14.3 Å². The summed E-state index contributed by atoms with van der Waals surface area (Å²) in [6.07, 6.45) is -0.673. The molecule has 0 saturated heterocycles. The van der Waals surface area contributed by atoms with E-state index >= 15 is 0 Å². The normalized spacial score (nSPS) is 14.3. The van der Waals surface area contributed by atoms with Gasteiger partial charge in [0, 0.05) is 6.54 Å². The topological polar surface area (TPSA) is 50.7 Å². The van der Waals surface area contributed by atoms with Gasteiger partial charge in [0.05, 0.1) is 25.9 Å². The molecule has 0 aliphatic carbocycles. The van der Waals surface area contributed by atoms with Gasteiger partial charge in [-0.1, -0.05) is 84.0 Å². The van der Waals surface area contributed by atoms with Gasteiger partial charge in [0.25, 0.3) is 0 Å². The van der Waals surface area contributed by atoms with E-state index in [1.165, 1.54) is 5.56 Å². The number of rotatable bonds is 12. The van der Waals surface area contributed by atoms with Gasteiger partial charge >= 0.3 is 0 Å². The molecule has 2 N–H and O–H groups in total. The Kier molecular flexibility index (Phi) is 9.75. The molecule has 31 heavy (non-hydrogen) atoms. The fraction of sp³-hybridized carbons (Fsp3) is 0.538. The fourth-order valence-corrected chi connectivity index (χ4v) is 10.3. The average molecular weight is 444 g/mol. The number of ether oxygens (including phenoxy) is 1. The smallest absolute Gasteiger partial charge is 0.200 e. The molecule has 0 radical (unpaired) electrons. The highest BCUT2D eigenvalue weighted by Crippen LogP contribution is 2.42. The second-order valence-electron chi connectivity index (χ2n) is 9.32. The Morgan fingerprint density at radius 3 is 1.87 bits per heavy atom. The van der Waals surface area contributed by atoms with Crippen molar-refractivity contribution >= 4 is 8.32 Å². The number of aliphatic hydroxyl groups excluding tert-OH is 1. The van der Waals surface area contributed by atoms with Crippen LogP contribution in [0.15, 0.2) is 54.6 Å². The third-order valence-electron chi connectivity index (χ3n) is 6.47. The number of nitrogens with one attached hydrogen (secondary N) is 1. The molecule has 0 saturated carbocycles. The first kappa shape index (κ1) is 25.6. The van der Waals surface area contributed by atoms with E-state index < -0.39 is 14.4 Å². The van der Waals surface area contributed by atoms with Gasteiger partial charge < -0.3 is 19.6 Å². The summed E-state index contributed by atoms with van der Waals surface area (Å²) >= 11 is 0. The molecule has 172 valence electrons. The third-order valence-corrected chi connectivity index (χ3v) is 12.6. The zero-order valence-electron chi connectivity index (χ0n) is 20.3. The Bertz CT molecular complexity index is 740. The van der Waals surface area contributed by atoms with Crippen LogP contribution in [0.25, 0.3) is 0 Å². The first-order valence-electron chi connectivity index (χ1n) is 11.5. The maximum atomic E-state index is 11.3. The molecule has 4 nitrogen and oxygen atoms in total. The highest BCUT2D eigenvalue weighted by molar-refractivity contribution is 6.77. The number of hydrogen-bond donors (Lipinski definition) is 2. The van der Waals surface area contributed by atoms with Crippen molar-refractivity contribution in [3.05, 3.63) is 65.7 Å². The summed E-state index contributed by atoms with van der Waals surface area (Å²) < 4.78 is 12.1. The third kappa shape index (κ3) is 6.42. The summed E-state index contributed by atoms with van der Waals surface area (Å²) in [6.45, 7) is 14.9. The Morgan fingerprint density at radius 2 is 1.39 bits per heavy atom. The summed E-state index contributed by atoms with van der Waals surface area (Å²) in [5.74, 6) is 0.784. The maximum Gasteiger partial charge on any atom is 0.200 e. The molecule has 0 spiro atoms. The van der Waals surface area contributed by atoms with Crippen LogP contribution in [0.4, 0.5) is 0 Å². The summed E-state index contributed by atoms with van der Waals surface area (Å²) in [5, 5.41) is 14.8. The van der Waals surface area contributed by atoms with Gasteiger partial charge in [-0.2, -0.15) is 0 Å². The highest BCUT2D eigenvalue weighted by Gasteiger charge is 2.45. The number of aliphatic hydroxyl groups is 1. The largest absolute Gasteiger partial charge is 0.497 e. The van der Waals surface area contributed by atoms with Crippen LogP contribution in [-0.4, -0.2) is 33.2 Å². The van der Waals surface area contributed by atoms with Crippen LogP contribution in [-0.2, 0) is 11.0 Å². The lowest BCUT2D eigenvalue weighted by atomic mass is 10.0. The van der Waals surface area contributed by atoms with E-state index in [9.17, 15) is 5.11 Å². The molecule has 0 heterocycles. The number of methoxy groups -OCH3 is 1. The molecule has 0 amide bonds. The zero-order chi connectivity index (χ0) is 23.0. The predicted molar refractivity (Wildman–Crippen MR) is 132 cm³/mol. The van der Waals surface area contributed by atoms with E-state index in [1.807, 2.05) is 42.5 Å². The molecular weight excluding hydrogens is 402 g/mol. The molecule has 2 aromatic carbocycles. The van der Waals surface area contributed by atoms with Gasteiger partial charge in [0.2, 0.25) is 0 Å². The van der Waals surface area contributed by atoms with Crippen molar-refractivity contribution in [1.82, 2.24) is 5.32 Å². The monoisotopic (exact) mass is 443 g/mol. The molecule has 2 atom stereocenters. The van der Waals surface area contributed by atoms with Crippen LogP contribution in [0.2, 0.25) is 16.6 Å². The first-order valence-corrected chi connectivity index (χ1v) is 13.6. The lowest BCUT2D eigenvalue weighted by Crippen LogP contribution is -2.51. The molecule has 5 heteroatoms. The minimum absolute atomic E-state index is 0.211. The first-order chi connectivity index (χ1) is 14.7. The molecule has 0 aliphatic rings. The number of hydrogen-bond acceptors (Lipinski definition) is 4. The van der Waals surface area contributed by atoms with Crippen LogP contribution < -0.4 is 10.1 Å². The highest BCUT2D eigenvalue weighted by atomic mass is 28.4. The zero-order valence-corrected chi connectivity index (χ0v) is 21.3. The van der Waals surface area contributed by atoms with Crippen LogP contribution in [0.3, 0.4) is 0 Å². The van der Waals surface area contributed by atoms with E-state index in [-0.39, 0.29) is 6.04 Å². The minimum Gasteiger partial charge on any atom is -0.497 e. The molecule has 0 aliphatic heterocycles. The van der Waals surface area contributed by atoms with E-state index in [2.05, 4.69) is 59.0 Å². The molecule has 0 aromatic heterocycles. The lowest BCUT2D eigenvalue weighted by molar-refractivity contribution is 0.0904. The van der Waals surface area contributed by atoms with Gasteiger partial charge in [-0.3, -0.25) is 0 Å². The van der Waals surface area contributed by atoms with E-state index in [4.69, 9.17) is 9.16 Å². The van der Waals surface area contributed by atoms with Gasteiger partial charge in [-0.05, 0) is 39.9 Å². The quantitative estimate of drug-likeness (QED) is 0.390. The summed E-state index contributed by atoms with van der Waals surface area (Å²) in [4.78, 5) is 0. The Labute approximate surface area is 190 Å². The predicted octanol–water partition coefficient (Wildman–Crippen LogP) is 6.08. The second kappa shape index (κ2) is 11.8. The van der Waals surface area contributed by atoms with E-state index in [1.54, 1.807) is 7.11 Å². The van der Waals surface area contributed by atoms with Crippen LogP contribution in [0, 0.1) is 0 Å². The molecular formula is C26H41NO3Si. The SMILES string of the molecule is COc1ccc([C@H](O)[C@H](CO[Si](C(C)C)(C(C)C)C(C)C)NCc2ccccc2)cc1. The van der Waals surface area contributed by atoms with Crippen LogP contribution in [0.5, 0.6) is 5.75 Å². The van der Waals surface area contributed by atoms with Crippen molar-refractivity contribution in [2.24, 2.45) is 0 Å². The van der Waals surface area contributed by atoms with Crippen LogP contribution >= 0.6 is 0 Å². The van der Waals surface area contributed by atoms with Gasteiger partial charge in [-0.25, -0.2) is 0 Å². The summed E-state index contributed by atoms with van der Waals surface area (Å²) in [6, 6.07) is 17.7. The van der Waals surface area contributed by atoms with E-state index in [0.717, 1.165) is 11.3 Å². The maximum absolute atomic E-state index is 11.3. The van der Waals surface area contributed by atoms with Crippen molar-refractivity contribution in [3.8, 4) is 5.75 Å². The van der Waals surface area contributed by atoms with Gasteiger partial charge in [0.1, 0.15) is 5.75 Å². The van der Waals surface area contributed by atoms with Crippen LogP contribution in [0.1, 0.15) is 58.8 Å². The van der Waals surface area contributed by atoms with Gasteiger partial charge in [0.15, 0.2) is 8.32 Å². The minimum atomic E-state index is -2.03. The summed E-state index contributed by atoms with van der Waals surface area (Å²) in [5.41, 5.74) is 3.55. The molecule has 0 bridgehead atoms. The van der Waals surface area contributed by atoms with Crippen molar-refractivity contribution in [2.75, 3.05) is 13.7 Å². The Balaban J connectivity index is 2.24. The van der Waals surface area contributed by atoms with Crippen molar-refractivity contribution in [3.63, 3.8) is 0 Å². The fourth-order valence-electron chi connectivity index (χ4n) is 4.87. The summed E-state index contributed by atoms with van der Waals surface area (Å²) in [7, 11) is -0.381.